The number of rotatable bonds is 5. The minimum absolute atomic E-state index is 0.119. The van der Waals surface area contributed by atoms with Gasteiger partial charge in [0.1, 0.15) is 5.82 Å². The first kappa shape index (κ1) is 11.2. The molecule has 0 radical (unpaired) electrons. The summed E-state index contributed by atoms with van der Waals surface area (Å²) < 4.78 is 116. The van der Waals surface area contributed by atoms with E-state index in [4.69, 9.17) is 20.2 Å². The van der Waals surface area contributed by atoms with Crippen molar-refractivity contribution in [2.75, 3.05) is 17.3 Å². The Morgan fingerprint density at radius 2 is 2.03 bits per heavy atom. The van der Waals surface area contributed by atoms with Gasteiger partial charge in [0.05, 0.1) is 21.4 Å². The maximum atomic E-state index is 12.3. The van der Waals surface area contributed by atoms with E-state index in [-0.39, 0.29) is 35.1 Å². The highest BCUT2D eigenvalue weighted by molar-refractivity contribution is 7.89. The van der Waals surface area contributed by atoms with Crippen LogP contribution in [0.15, 0.2) is 53.4 Å². The molecule has 0 saturated carbocycles. The van der Waals surface area contributed by atoms with E-state index in [9.17, 15) is 8.42 Å². The van der Waals surface area contributed by atoms with Crippen LogP contribution in [0.5, 0.6) is 0 Å². The highest BCUT2D eigenvalue weighted by Gasteiger charge is 2.14. The van der Waals surface area contributed by atoms with Crippen LogP contribution in [0.25, 0.3) is 10.9 Å². The van der Waals surface area contributed by atoms with Crippen molar-refractivity contribution in [3.05, 3.63) is 59.7 Å². The van der Waals surface area contributed by atoms with Crippen molar-refractivity contribution < 1.29 is 23.5 Å². The van der Waals surface area contributed by atoms with Crippen LogP contribution < -0.4 is 15.4 Å². The fourth-order valence-corrected chi connectivity index (χ4v) is 3.24. The molecule has 4 aromatic rings. The molecule has 0 unspecified atom stereocenters. The Kier molecular flexibility index (Phi) is 2.76. The predicted octanol–water partition coefficient (Wildman–Crippen LogP) is 3.14. The van der Waals surface area contributed by atoms with Gasteiger partial charge in [-0.15, -0.1) is 0 Å². The number of aromatic nitrogens is 4. The fourth-order valence-electron chi connectivity index (χ4n) is 2.66. The van der Waals surface area contributed by atoms with Gasteiger partial charge in [0.25, 0.3) is 0 Å². The van der Waals surface area contributed by atoms with Crippen LogP contribution in [0.4, 0.5) is 23.1 Å². The van der Waals surface area contributed by atoms with Gasteiger partial charge in [0, 0.05) is 46.8 Å². The van der Waals surface area contributed by atoms with E-state index in [1.165, 1.54) is 11.7 Å². The smallest absolute Gasteiger partial charge is 0.238 e. The molecule has 31 heavy (non-hydrogen) atoms. The summed E-state index contributed by atoms with van der Waals surface area (Å²) in [6.45, 7) is -1.52. The van der Waals surface area contributed by atoms with Crippen molar-refractivity contribution in [3.63, 3.8) is 0 Å². The Morgan fingerprint density at radius 1 is 1.23 bits per heavy atom. The van der Waals surface area contributed by atoms with Crippen LogP contribution in [-0.4, -0.2) is 35.2 Å². The molecule has 2 aromatic heterocycles. The highest BCUT2D eigenvalue weighted by atomic mass is 32.2. The molecule has 3 N–H and O–H groups in total. The second-order valence-electron chi connectivity index (χ2n) is 6.45. The number of hydrogen-bond donors (Lipinski definition) is 2. The van der Waals surface area contributed by atoms with Crippen LogP contribution in [0, 0.1) is 13.8 Å². The van der Waals surface area contributed by atoms with Crippen molar-refractivity contribution in [1.82, 2.24) is 19.7 Å². The van der Waals surface area contributed by atoms with E-state index in [0.717, 1.165) is 4.90 Å². The summed E-state index contributed by atoms with van der Waals surface area (Å²) >= 11 is 0. The predicted molar refractivity (Wildman–Crippen MR) is 121 cm³/mol. The molecule has 9 nitrogen and oxygen atoms in total. The zero-order valence-electron chi connectivity index (χ0n) is 27.5. The summed E-state index contributed by atoms with van der Waals surface area (Å²) in [5.41, 5.74) is -1.30. The average Bonchev–Trinajstić information content (AvgIpc) is 3.17. The van der Waals surface area contributed by atoms with Gasteiger partial charge in [-0.1, -0.05) is 6.04 Å². The van der Waals surface area contributed by atoms with Crippen LogP contribution in [0.3, 0.4) is 0 Å². The monoisotopic (exact) mass is 448 g/mol. The van der Waals surface area contributed by atoms with Gasteiger partial charge in [0.15, 0.2) is 0 Å². The Hall–Kier alpha value is -3.50. The number of anilines is 4. The molecule has 0 atom stereocenters. The van der Waals surface area contributed by atoms with Crippen LogP contribution in [0.1, 0.15) is 26.3 Å². The number of primary sulfonamides is 1. The maximum absolute atomic E-state index is 12.3. The van der Waals surface area contributed by atoms with E-state index >= 15 is 0 Å². The van der Waals surface area contributed by atoms with Crippen LogP contribution >= 0.6 is 0 Å². The average molecular weight is 449 g/mol. The van der Waals surface area contributed by atoms with E-state index in [1.807, 2.05) is 0 Å². The lowest BCUT2D eigenvalue weighted by molar-refractivity contribution is 0.597. The van der Waals surface area contributed by atoms with E-state index < -0.39 is 69.3 Å². The Bertz CT molecular complexity index is 1910. The molecule has 160 valence electrons. The molecule has 0 amide bonds. The molecule has 0 fully saturated rings. The Labute approximate surface area is 196 Å². The lowest BCUT2D eigenvalue weighted by Gasteiger charge is -2.19. The molecular formula is C21H23N7O2S. The third-order valence-corrected chi connectivity index (χ3v) is 5.25. The fraction of sp³-hybridized carbons (Fsp3) is 0.190. The molecule has 0 aliphatic rings. The second kappa shape index (κ2) is 7.64. The summed E-state index contributed by atoms with van der Waals surface area (Å²) in [5, 5.41) is 12.1. The van der Waals surface area contributed by atoms with Gasteiger partial charge in [-0.25, -0.2) is 18.5 Å². The largest absolute Gasteiger partial charge is 0.329 e. The van der Waals surface area contributed by atoms with Crippen molar-refractivity contribution in [3.8, 4) is 0 Å². The first-order chi connectivity index (χ1) is 19.2. The van der Waals surface area contributed by atoms with E-state index in [1.54, 1.807) is 14.0 Å². The van der Waals surface area contributed by atoms with E-state index in [2.05, 4.69) is 20.4 Å². The molecule has 0 spiro atoms. The summed E-state index contributed by atoms with van der Waals surface area (Å²) in [7, 11) is -1.94. The first-order valence-corrected chi connectivity index (χ1v) is 10.2. The van der Waals surface area contributed by atoms with Gasteiger partial charge in [-0.05, 0) is 55.6 Å². The van der Waals surface area contributed by atoms with Crippen molar-refractivity contribution in [2.24, 2.45) is 12.2 Å². The molecule has 0 saturated heterocycles. The molecule has 4 rings (SSSR count). The SMILES string of the molecule is [2H]c1nc(Nc2c([2H])c([2H])c(C([2H])([2H])[2H])c(S(N)(=O)=O)c2[2H])nc(N(C)c2c([2H])c([2H])c3c(C)n(C)nc3c2[2H])c1[2H]. The Balaban J connectivity index is 1.93. The van der Waals surface area contributed by atoms with Gasteiger partial charge < -0.3 is 10.2 Å². The molecule has 2 aromatic carbocycles. The second-order valence-corrected chi connectivity index (χ2v) is 7.95. The Morgan fingerprint density at radius 3 is 2.77 bits per heavy atom. The van der Waals surface area contributed by atoms with E-state index in [0.29, 0.717) is 11.1 Å². The quantitative estimate of drug-likeness (QED) is 0.481. The first-order valence-electron chi connectivity index (χ1n) is 14.2. The summed E-state index contributed by atoms with van der Waals surface area (Å²) in [6.07, 6.45) is -0.691. The lowest BCUT2D eigenvalue weighted by atomic mass is 10.2. The number of fused-ring (bicyclic) bond motifs is 1. The number of nitrogens with zero attached hydrogens (tertiary/aromatic N) is 5. The maximum Gasteiger partial charge on any atom is 0.238 e. The third-order valence-electron chi connectivity index (χ3n) is 4.37. The summed E-state index contributed by atoms with van der Waals surface area (Å²) in [5.74, 6) is -0.902. The topological polar surface area (TPSA) is 119 Å². The summed E-state index contributed by atoms with van der Waals surface area (Å²) in [6, 6.07) is -4.43. The number of aryl methyl sites for hydroxylation is 2. The zero-order valence-corrected chi connectivity index (χ0v) is 17.4. The van der Waals surface area contributed by atoms with Gasteiger partial charge in [0.2, 0.25) is 16.0 Å². The van der Waals surface area contributed by atoms with Crippen molar-refractivity contribution in [2.45, 2.75) is 18.7 Å². The minimum atomic E-state index is -4.88. The highest BCUT2D eigenvalue weighted by Crippen LogP contribution is 2.28. The molecule has 2 heterocycles. The third kappa shape index (κ3) is 4.07. The van der Waals surface area contributed by atoms with Crippen molar-refractivity contribution in [1.29, 1.82) is 0 Å². The lowest BCUT2D eigenvalue weighted by Crippen LogP contribution is -2.14. The van der Waals surface area contributed by atoms with Gasteiger partial charge in [-0.3, -0.25) is 4.68 Å². The molecular weight excluding hydrogens is 414 g/mol. The normalized spacial score (nSPS) is 17.1. The minimum Gasteiger partial charge on any atom is -0.329 e. The standard InChI is InChI=1S/C21H23N7O2S/c1-13-5-6-15(11-19(13)31(22,29)30)24-21-23-10-9-20(25-21)27(3)16-7-8-17-14(2)28(4)26-18(17)12-16/h5-12H,1-4H3,(H2,22,29,30)(H,23,24,25)/i1D3,5D,6D,7D,8D,9D,10D,11D,12D. The van der Waals surface area contributed by atoms with Gasteiger partial charge in [-0.2, -0.15) is 10.1 Å². The van der Waals surface area contributed by atoms with Crippen LogP contribution in [0.2, 0.25) is 0 Å². The molecule has 0 aliphatic heterocycles. The van der Waals surface area contributed by atoms with Crippen LogP contribution in [-0.2, 0) is 17.1 Å². The van der Waals surface area contributed by atoms with Gasteiger partial charge >= 0.3 is 0 Å². The number of hydrogen-bond acceptors (Lipinski definition) is 7. The molecule has 0 bridgehead atoms. The number of sulfonamides is 1. The van der Waals surface area contributed by atoms with Crippen molar-refractivity contribution >= 4 is 44.1 Å². The molecule has 0 aliphatic carbocycles. The molecule has 10 heteroatoms. The zero-order chi connectivity index (χ0) is 31.8. The number of benzene rings is 2. The summed E-state index contributed by atoms with van der Waals surface area (Å²) in [4.78, 5) is 7.79. The number of nitrogens with two attached hydrogens (primary N) is 1. The number of nitrogens with one attached hydrogen (secondary N) is 1.